The van der Waals surface area contributed by atoms with Crippen LogP contribution in [0.3, 0.4) is 0 Å². The molecule has 0 aromatic carbocycles. The summed E-state index contributed by atoms with van der Waals surface area (Å²) in [5, 5.41) is 23.2. The van der Waals surface area contributed by atoms with E-state index in [9.17, 15) is 29.4 Å². The molecule has 34 heavy (non-hydrogen) atoms. The van der Waals surface area contributed by atoms with Crippen molar-refractivity contribution in [3.05, 3.63) is 36.0 Å². The van der Waals surface area contributed by atoms with Crippen molar-refractivity contribution in [1.82, 2.24) is 5.32 Å². The lowest BCUT2D eigenvalue weighted by molar-refractivity contribution is -0.146. The molecule has 2 aliphatic rings. The van der Waals surface area contributed by atoms with Gasteiger partial charge in [0, 0.05) is 37.2 Å². The van der Waals surface area contributed by atoms with Crippen LogP contribution in [-0.4, -0.2) is 52.1 Å². The van der Waals surface area contributed by atoms with Gasteiger partial charge < -0.3 is 14.9 Å². The molecule has 2 heterocycles. The maximum Gasteiger partial charge on any atom is 0.331 e. The van der Waals surface area contributed by atoms with Gasteiger partial charge in [0.2, 0.25) is 11.8 Å². The first-order valence-electron chi connectivity index (χ1n) is 12.0. The number of allylic oxidation sites excluding steroid dienone is 3. The fourth-order valence-electron chi connectivity index (χ4n) is 4.42. The van der Waals surface area contributed by atoms with Crippen molar-refractivity contribution >= 4 is 23.6 Å². The predicted octanol–water partition coefficient (Wildman–Crippen LogP) is 2.54. The van der Waals surface area contributed by atoms with Crippen LogP contribution in [0.5, 0.6) is 0 Å². The number of hydrogen-bond donors (Lipinski definition) is 3. The van der Waals surface area contributed by atoms with Crippen molar-refractivity contribution in [2.75, 3.05) is 0 Å². The number of ketones is 1. The van der Waals surface area contributed by atoms with Crippen LogP contribution in [0.15, 0.2) is 36.0 Å². The molecule has 1 saturated heterocycles. The molecule has 1 fully saturated rings. The summed E-state index contributed by atoms with van der Waals surface area (Å²) in [6, 6.07) is 0. The molecule has 2 rings (SSSR count). The van der Waals surface area contributed by atoms with Gasteiger partial charge in [-0.3, -0.25) is 19.7 Å². The van der Waals surface area contributed by atoms with Gasteiger partial charge in [-0.05, 0) is 44.1 Å². The van der Waals surface area contributed by atoms with Crippen LogP contribution in [0.4, 0.5) is 0 Å². The highest BCUT2D eigenvalue weighted by molar-refractivity contribution is 5.97. The third-order valence-corrected chi connectivity index (χ3v) is 6.43. The van der Waals surface area contributed by atoms with Crippen LogP contribution in [0.1, 0.15) is 65.7 Å². The zero-order valence-electron chi connectivity index (χ0n) is 20.2. The lowest BCUT2D eigenvalue weighted by Crippen LogP contribution is -2.40. The topological polar surface area (TPSA) is 130 Å². The highest BCUT2D eigenvalue weighted by Gasteiger charge is 2.32. The van der Waals surface area contributed by atoms with E-state index in [1.54, 1.807) is 45.1 Å². The molecule has 0 spiro atoms. The minimum Gasteiger partial charge on any atom is -0.454 e. The van der Waals surface area contributed by atoms with Gasteiger partial charge in [-0.2, -0.15) is 0 Å². The first-order chi connectivity index (χ1) is 16.1. The monoisotopic (exact) mass is 475 g/mol. The second-order valence-electron chi connectivity index (χ2n) is 9.41. The highest BCUT2D eigenvalue weighted by Crippen LogP contribution is 2.25. The number of cyclic esters (lactones) is 1. The van der Waals surface area contributed by atoms with E-state index >= 15 is 0 Å². The molecule has 0 saturated carbocycles. The number of aliphatic hydroxyl groups is 2. The zero-order chi connectivity index (χ0) is 25.3. The molecule has 8 nitrogen and oxygen atoms in total. The molecule has 0 bridgehead atoms. The first-order valence-corrected chi connectivity index (χ1v) is 12.0. The van der Waals surface area contributed by atoms with Crippen molar-refractivity contribution in [2.45, 2.75) is 84.0 Å². The van der Waals surface area contributed by atoms with Gasteiger partial charge in [0.25, 0.3) is 0 Å². The Labute approximate surface area is 201 Å². The molecule has 2 aliphatic heterocycles. The van der Waals surface area contributed by atoms with Gasteiger partial charge >= 0.3 is 5.97 Å². The molecular weight excluding hydrogens is 438 g/mol. The molecular formula is C26H37NO7. The number of piperidine rings is 1. The molecule has 0 aromatic heterocycles. The Kier molecular flexibility index (Phi) is 10.9. The van der Waals surface area contributed by atoms with E-state index in [1.807, 2.05) is 0 Å². The Morgan fingerprint density at radius 2 is 1.82 bits per heavy atom. The van der Waals surface area contributed by atoms with Gasteiger partial charge in [0.1, 0.15) is 11.9 Å². The predicted molar refractivity (Wildman–Crippen MR) is 126 cm³/mol. The van der Waals surface area contributed by atoms with Crippen molar-refractivity contribution < 1.29 is 34.1 Å². The highest BCUT2D eigenvalue weighted by atomic mass is 16.5. The van der Waals surface area contributed by atoms with Gasteiger partial charge in [0.05, 0.1) is 12.2 Å². The summed E-state index contributed by atoms with van der Waals surface area (Å²) in [6.45, 7) is 5.20. The molecule has 3 N–H and O–H groups in total. The number of ether oxygens (including phenoxy) is 1. The average molecular weight is 476 g/mol. The average Bonchev–Trinajstić information content (AvgIpc) is 2.77. The fraction of sp³-hybridized carbons (Fsp3) is 0.615. The number of esters is 1. The number of Topliss-reactive ketones (excluding diaryl/α,β-unsaturated/α-hetero) is 1. The summed E-state index contributed by atoms with van der Waals surface area (Å²) >= 11 is 0. The number of hydrogen-bond acceptors (Lipinski definition) is 7. The Hall–Kier alpha value is -2.58. The second kappa shape index (κ2) is 13.3. The normalized spacial score (nSPS) is 30.4. The van der Waals surface area contributed by atoms with E-state index < -0.39 is 36.1 Å². The third-order valence-electron chi connectivity index (χ3n) is 6.43. The second-order valence-corrected chi connectivity index (χ2v) is 9.41. The van der Waals surface area contributed by atoms with E-state index in [1.165, 1.54) is 6.08 Å². The smallest absolute Gasteiger partial charge is 0.331 e. The number of carbonyl (C=O) groups is 4. The van der Waals surface area contributed by atoms with Crippen LogP contribution in [0, 0.1) is 17.8 Å². The number of amides is 2. The number of carbonyl (C=O) groups excluding carboxylic acids is 4. The first kappa shape index (κ1) is 27.7. The molecule has 0 aromatic rings. The molecule has 2 amide bonds. The molecule has 8 heteroatoms. The fourth-order valence-corrected chi connectivity index (χ4v) is 4.42. The largest absolute Gasteiger partial charge is 0.454 e. The van der Waals surface area contributed by atoms with Gasteiger partial charge in [-0.25, -0.2) is 4.79 Å². The molecule has 0 aliphatic carbocycles. The number of imide groups is 1. The summed E-state index contributed by atoms with van der Waals surface area (Å²) in [6.07, 6.45) is 8.42. The van der Waals surface area contributed by atoms with E-state index in [0.29, 0.717) is 50.5 Å². The van der Waals surface area contributed by atoms with Crippen molar-refractivity contribution in [2.24, 2.45) is 17.8 Å². The molecule has 5 atom stereocenters. The van der Waals surface area contributed by atoms with Crippen LogP contribution in [0.25, 0.3) is 0 Å². The maximum absolute atomic E-state index is 12.7. The summed E-state index contributed by atoms with van der Waals surface area (Å²) in [5.74, 6) is -2.16. The molecule has 188 valence electrons. The summed E-state index contributed by atoms with van der Waals surface area (Å²) in [7, 11) is 0. The Bertz CT molecular complexity index is 828. The van der Waals surface area contributed by atoms with Crippen molar-refractivity contribution in [3.63, 3.8) is 0 Å². The standard InChI is InChI=1S/C26H37NO7/c1-16(20(28)11-8-9-19-14-22(30)27-23(31)15-19)13-17(2)26-18(3)25(33)21(29)10-6-4-5-7-12-24(32)34-26/h6-7,10,12-13,16,18-19,21,25-26,29,33H,4-5,8-9,11,14-15H2,1-3H3,(H,27,30,31)/b10-6+,12-7+,17-13+/t16-,18-,21-,25-,26-/m0/s1. The van der Waals surface area contributed by atoms with Gasteiger partial charge in [-0.1, -0.05) is 38.2 Å². The van der Waals surface area contributed by atoms with Crippen LogP contribution in [-0.2, 0) is 23.9 Å². The Morgan fingerprint density at radius 1 is 1.18 bits per heavy atom. The number of rotatable bonds is 7. The van der Waals surface area contributed by atoms with E-state index in [2.05, 4.69) is 5.32 Å². The third kappa shape index (κ3) is 8.65. The molecule has 0 radical (unpaired) electrons. The molecule has 0 unspecified atom stereocenters. The minimum absolute atomic E-state index is 0.00137. The summed E-state index contributed by atoms with van der Waals surface area (Å²) < 4.78 is 5.61. The van der Waals surface area contributed by atoms with E-state index in [4.69, 9.17) is 4.74 Å². The Balaban J connectivity index is 2.02. The van der Waals surface area contributed by atoms with Gasteiger partial charge in [-0.15, -0.1) is 0 Å². The Morgan fingerprint density at radius 3 is 2.50 bits per heavy atom. The zero-order valence-corrected chi connectivity index (χ0v) is 20.2. The van der Waals surface area contributed by atoms with Crippen molar-refractivity contribution in [3.8, 4) is 0 Å². The van der Waals surface area contributed by atoms with Crippen LogP contribution in [0.2, 0.25) is 0 Å². The lowest BCUT2D eigenvalue weighted by atomic mass is 9.87. The van der Waals surface area contributed by atoms with E-state index in [-0.39, 0.29) is 23.5 Å². The maximum atomic E-state index is 12.7. The number of aliphatic hydroxyl groups excluding tert-OH is 2. The van der Waals surface area contributed by atoms with E-state index in [0.717, 1.165) is 0 Å². The van der Waals surface area contributed by atoms with Crippen LogP contribution >= 0.6 is 0 Å². The van der Waals surface area contributed by atoms with Crippen molar-refractivity contribution in [1.29, 1.82) is 0 Å². The number of nitrogens with one attached hydrogen (secondary N) is 1. The quantitative estimate of drug-likeness (QED) is 0.293. The minimum atomic E-state index is -1.15. The summed E-state index contributed by atoms with van der Waals surface area (Å²) in [5.41, 5.74) is 0.622. The summed E-state index contributed by atoms with van der Waals surface area (Å²) in [4.78, 5) is 48.0. The van der Waals surface area contributed by atoms with Crippen LogP contribution < -0.4 is 5.32 Å². The van der Waals surface area contributed by atoms with Gasteiger partial charge in [0.15, 0.2) is 0 Å². The lowest BCUT2D eigenvalue weighted by Gasteiger charge is -2.30. The SMILES string of the molecule is C/C(=C\[C@H](C)C(=O)CCCC1CC(=O)NC(=O)C1)[C@@H]1OC(=O)/C=C/CC/C=C/[C@H](O)[C@@H](O)[C@@H]1C.